The molecule has 1 fully saturated rings. The van der Waals surface area contributed by atoms with Gasteiger partial charge >= 0.3 is 0 Å². The van der Waals surface area contributed by atoms with Crippen molar-refractivity contribution in [3.8, 4) is 11.5 Å². The van der Waals surface area contributed by atoms with Gasteiger partial charge in [-0.05, 0) is 50.6 Å². The van der Waals surface area contributed by atoms with Crippen LogP contribution >= 0.6 is 0 Å². The largest absolute Gasteiger partial charge is 0.493 e. The summed E-state index contributed by atoms with van der Waals surface area (Å²) >= 11 is 0. The molecule has 0 N–H and O–H groups in total. The zero-order valence-electron chi connectivity index (χ0n) is 23.3. The average molecular weight is 521 g/mol. The fraction of sp³-hybridized carbons (Fsp3) is 0.517. The van der Waals surface area contributed by atoms with E-state index >= 15 is 0 Å². The van der Waals surface area contributed by atoms with Crippen LogP contribution in [0, 0.1) is 5.92 Å². The molecule has 38 heavy (non-hydrogen) atoms. The smallest absolute Gasteiger partial charge is 0.254 e. The van der Waals surface area contributed by atoms with Crippen LogP contribution in [-0.2, 0) is 16.1 Å². The Balaban J connectivity index is 1.76. The molecule has 2 atom stereocenters. The molecule has 2 aromatic carbocycles. The molecule has 1 saturated heterocycles. The molecule has 1 aliphatic heterocycles. The number of piperidine rings is 1. The number of amides is 2. The maximum Gasteiger partial charge on any atom is 0.254 e. The molecule has 204 valence electrons. The average Bonchev–Trinajstić information content (AvgIpc) is 2.90. The minimum absolute atomic E-state index is 0.0290. The van der Waals surface area contributed by atoms with Crippen LogP contribution in [0.15, 0.2) is 48.5 Å². The van der Waals surface area contributed by atoms with Crippen molar-refractivity contribution < 1.29 is 23.8 Å². The lowest BCUT2D eigenvalue weighted by Gasteiger charge is -2.44. The van der Waals surface area contributed by atoms with Gasteiger partial charge in [0.2, 0.25) is 5.91 Å². The van der Waals surface area contributed by atoms with Crippen LogP contribution in [0.4, 0.5) is 0 Å². The quantitative estimate of drug-likeness (QED) is 0.315. The topological polar surface area (TPSA) is 71.6 Å². The normalized spacial score (nSPS) is 17.7. The van der Waals surface area contributed by atoms with Gasteiger partial charge in [-0.1, -0.05) is 30.3 Å². The Morgan fingerprint density at radius 3 is 2.45 bits per heavy atom. The Kier molecular flexibility index (Phi) is 11.0. The number of methoxy groups -OCH3 is 2. The van der Waals surface area contributed by atoms with E-state index in [4.69, 9.17) is 22.2 Å². The summed E-state index contributed by atoms with van der Waals surface area (Å²) in [4.78, 5) is 32.5. The van der Waals surface area contributed by atoms with Gasteiger partial charge in [0.05, 0.1) is 19.6 Å². The van der Waals surface area contributed by atoms with E-state index in [9.17, 15) is 9.59 Å². The molecule has 1 heterocycles. The van der Waals surface area contributed by atoms with Gasteiger partial charge in [0.1, 0.15) is 0 Å². The molecule has 0 aromatic heterocycles. The molecule has 8 nitrogen and oxygen atoms in total. The predicted molar refractivity (Wildman–Crippen MR) is 148 cm³/mol. The predicted octanol–water partition coefficient (Wildman–Crippen LogP) is 3.39. The number of carbonyl (C=O) groups is 2. The van der Waals surface area contributed by atoms with E-state index in [-0.39, 0.29) is 29.8 Å². The lowest BCUT2D eigenvalue weighted by atomic mass is 9.89. The molecular weight excluding hydrogens is 481 g/mol. The summed E-state index contributed by atoms with van der Waals surface area (Å²) in [7, 11) is 11.3. The van der Waals surface area contributed by atoms with Crippen molar-refractivity contribution in [1.82, 2.24) is 14.6 Å². The van der Waals surface area contributed by atoms with E-state index in [1.54, 1.807) is 42.1 Å². The maximum absolute atomic E-state index is 13.8. The summed E-state index contributed by atoms with van der Waals surface area (Å²) in [5.74, 6) is 0.665. The fourth-order valence-corrected chi connectivity index (χ4v) is 5.01. The monoisotopic (exact) mass is 521 g/mol. The first-order valence-electron chi connectivity index (χ1n) is 13.2. The zero-order valence-corrected chi connectivity index (χ0v) is 23.3. The van der Waals surface area contributed by atoms with Gasteiger partial charge < -0.3 is 28.8 Å². The molecular formula is C29H40BN3O5. The van der Waals surface area contributed by atoms with E-state index in [1.807, 2.05) is 56.1 Å². The highest BCUT2D eigenvalue weighted by atomic mass is 16.5. The number of nitrogens with zero attached hydrogens (tertiary/aromatic N) is 3. The Morgan fingerprint density at radius 1 is 1.05 bits per heavy atom. The summed E-state index contributed by atoms with van der Waals surface area (Å²) in [6.07, 6.45) is 1.27. The van der Waals surface area contributed by atoms with Crippen molar-refractivity contribution in [2.45, 2.75) is 45.3 Å². The molecule has 2 radical (unpaired) electrons. The number of hydrogen-bond donors (Lipinski definition) is 0. The number of benzene rings is 2. The number of rotatable bonds is 12. The van der Waals surface area contributed by atoms with Crippen molar-refractivity contribution in [2.75, 3.05) is 47.6 Å². The minimum atomic E-state index is -0.308. The summed E-state index contributed by atoms with van der Waals surface area (Å²) in [5, 5.41) is 0. The van der Waals surface area contributed by atoms with Crippen LogP contribution in [-0.4, -0.2) is 94.1 Å². The van der Waals surface area contributed by atoms with Crippen LogP contribution < -0.4 is 9.47 Å². The van der Waals surface area contributed by atoms with Gasteiger partial charge in [0, 0.05) is 57.9 Å². The third-order valence-electron chi connectivity index (χ3n) is 6.79. The van der Waals surface area contributed by atoms with Gasteiger partial charge in [-0.3, -0.25) is 9.59 Å². The molecule has 0 bridgehead atoms. The van der Waals surface area contributed by atoms with Crippen LogP contribution in [0.25, 0.3) is 0 Å². The molecule has 0 saturated carbocycles. The molecule has 0 aliphatic carbocycles. The molecule has 2 aromatic rings. The van der Waals surface area contributed by atoms with Crippen LogP contribution in [0.2, 0.25) is 0 Å². The Hall–Kier alpha value is -3.04. The zero-order chi connectivity index (χ0) is 27.7. The van der Waals surface area contributed by atoms with Crippen molar-refractivity contribution in [3.05, 3.63) is 59.7 Å². The van der Waals surface area contributed by atoms with E-state index in [0.717, 1.165) is 12.0 Å². The number of carbonyl (C=O) groups excluding carboxylic acids is 2. The summed E-state index contributed by atoms with van der Waals surface area (Å²) < 4.78 is 16.4. The van der Waals surface area contributed by atoms with Gasteiger partial charge in [-0.25, -0.2) is 0 Å². The molecule has 9 heteroatoms. The van der Waals surface area contributed by atoms with Gasteiger partial charge in [-0.15, -0.1) is 0 Å². The van der Waals surface area contributed by atoms with Gasteiger partial charge in [-0.2, -0.15) is 0 Å². The third-order valence-corrected chi connectivity index (χ3v) is 6.79. The summed E-state index contributed by atoms with van der Waals surface area (Å²) in [6.45, 7) is 6.47. The SMILES string of the molecule is [B]N1CC(C(=O)N(C)Cc2ccccc2)CC(N(C(=O)c2ccc(OC)c(OCCCOC)c2)C(C)C)C1. The minimum Gasteiger partial charge on any atom is -0.493 e. The second-order valence-corrected chi connectivity index (χ2v) is 10.1. The molecule has 2 amide bonds. The van der Waals surface area contributed by atoms with E-state index in [2.05, 4.69) is 0 Å². The Morgan fingerprint density at radius 2 is 1.79 bits per heavy atom. The molecule has 2 unspecified atom stereocenters. The standard InChI is InChI=1S/C29H40BN3O5/c1-21(2)33(29(35)23-12-13-26(37-5)27(17-23)38-15-9-14-36-4)25-16-24(19-32(30)20-25)28(34)31(3)18-22-10-7-6-8-11-22/h6-8,10-13,17,21,24-25H,9,14-16,18-20H2,1-5H3. The number of ether oxygens (including phenoxy) is 3. The van der Waals surface area contributed by atoms with Crippen molar-refractivity contribution in [2.24, 2.45) is 5.92 Å². The molecule has 0 spiro atoms. The first-order chi connectivity index (χ1) is 18.2. The van der Waals surface area contributed by atoms with E-state index in [1.165, 1.54) is 0 Å². The van der Waals surface area contributed by atoms with Crippen LogP contribution in [0.1, 0.15) is 42.6 Å². The summed E-state index contributed by atoms with van der Waals surface area (Å²) in [6, 6.07) is 14.8. The molecule has 1 aliphatic rings. The second kappa shape index (κ2) is 14.2. The fourth-order valence-electron chi connectivity index (χ4n) is 5.01. The van der Waals surface area contributed by atoms with Crippen molar-refractivity contribution in [1.29, 1.82) is 0 Å². The van der Waals surface area contributed by atoms with Gasteiger partial charge in [0.25, 0.3) is 5.91 Å². The van der Waals surface area contributed by atoms with Crippen molar-refractivity contribution in [3.63, 3.8) is 0 Å². The van der Waals surface area contributed by atoms with Crippen molar-refractivity contribution >= 4 is 19.8 Å². The van der Waals surface area contributed by atoms with Crippen LogP contribution in [0.5, 0.6) is 11.5 Å². The first kappa shape index (κ1) is 29.5. The van der Waals surface area contributed by atoms with Gasteiger partial charge in [0.15, 0.2) is 19.5 Å². The lowest BCUT2D eigenvalue weighted by molar-refractivity contribution is -0.136. The highest BCUT2D eigenvalue weighted by Crippen LogP contribution is 2.31. The maximum atomic E-state index is 13.8. The third kappa shape index (κ3) is 7.74. The molecule has 3 rings (SSSR count). The second-order valence-electron chi connectivity index (χ2n) is 10.1. The van der Waals surface area contributed by atoms with Crippen LogP contribution in [0.3, 0.4) is 0 Å². The van der Waals surface area contributed by atoms with E-state index in [0.29, 0.717) is 56.3 Å². The van der Waals surface area contributed by atoms with E-state index < -0.39 is 0 Å². The lowest BCUT2D eigenvalue weighted by Crippen LogP contribution is -2.56. The highest BCUT2D eigenvalue weighted by molar-refractivity contribution is 6.04. The summed E-state index contributed by atoms with van der Waals surface area (Å²) in [5.41, 5.74) is 1.57. The number of hydrogen-bond acceptors (Lipinski definition) is 6. The Labute approximate surface area is 228 Å². The highest BCUT2D eigenvalue weighted by Gasteiger charge is 2.37. The Bertz CT molecular complexity index is 1050. The first-order valence-corrected chi connectivity index (χ1v) is 13.2.